The minimum Gasteiger partial charge on any atom is -0.497 e. The number of para-hydroxylation sites is 1. The zero-order chi connectivity index (χ0) is 25.4. The van der Waals surface area contributed by atoms with Gasteiger partial charge in [0.15, 0.2) is 0 Å². The fourth-order valence-corrected chi connectivity index (χ4v) is 4.67. The molecule has 4 aromatic rings. The third-order valence-electron chi connectivity index (χ3n) is 6.35. The maximum Gasteiger partial charge on any atom is 0.338 e. The van der Waals surface area contributed by atoms with Crippen LogP contribution in [0.3, 0.4) is 0 Å². The number of carbonyl (C=O) groups is 2. The first-order chi connectivity index (χ1) is 17.4. The SMILES string of the molecule is CCOC(=O)C1=C(C(C)C)NC(=O)NC1c1cc2c([nH]c3ccccc32)c(-c2ccc(OC)cc2)n1. The predicted octanol–water partition coefficient (Wildman–Crippen LogP) is 5.22. The number of benzene rings is 2. The van der Waals surface area contributed by atoms with Crippen LogP contribution in [0.25, 0.3) is 33.1 Å². The second kappa shape index (κ2) is 9.37. The van der Waals surface area contributed by atoms with Crippen molar-refractivity contribution in [3.05, 3.63) is 71.6 Å². The predicted molar refractivity (Wildman–Crippen MR) is 138 cm³/mol. The molecule has 0 aliphatic carbocycles. The molecule has 8 nitrogen and oxygen atoms in total. The molecular weight excluding hydrogens is 456 g/mol. The molecule has 1 atom stereocenters. The van der Waals surface area contributed by atoms with Crippen molar-refractivity contribution in [2.24, 2.45) is 5.92 Å². The molecule has 36 heavy (non-hydrogen) atoms. The smallest absolute Gasteiger partial charge is 0.338 e. The van der Waals surface area contributed by atoms with Gasteiger partial charge in [-0.3, -0.25) is 0 Å². The molecule has 1 unspecified atom stereocenters. The number of fused-ring (bicyclic) bond motifs is 3. The van der Waals surface area contributed by atoms with Crippen molar-refractivity contribution in [1.82, 2.24) is 20.6 Å². The normalized spacial score (nSPS) is 15.8. The van der Waals surface area contributed by atoms with Gasteiger partial charge in [-0.05, 0) is 49.2 Å². The van der Waals surface area contributed by atoms with Crippen LogP contribution in [0.1, 0.15) is 32.5 Å². The van der Waals surface area contributed by atoms with Gasteiger partial charge in [-0.2, -0.15) is 0 Å². The molecule has 0 spiro atoms. The van der Waals surface area contributed by atoms with E-state index in [9.17, 15) is 9.59 Å². The number of esters is 1. The fourth-order valence-electron chi connectivity index (χ4n) is 4.67. The zero-order valence-corrected chi connectivity index (χ0v) is 20.6. The highest BCUT2D eigenvalue weighted by Crippen LogP contribution is 2.37. The van der Waals surface area contributed by atoms with Crippen molar-refractivity contribution in [2.45, 2.75) is 26.8 Å². The number of aromatic amines is 1. The van der Waals surface area contributed by atoms with Gasteiger partial charge in [0.05, 0.1) is 36.2 Å². The van der Waals surface area contributed by atoms with Crippen LogP contribution in [0.2, 0.25) is 0 Å². The summed E-state index contributed by atoms with van der Waals surface area (Å²) in [6, 6.07) is 16.4. The van der Waals surface area contributed by atoms with E-state index in [4.69, 9.17) is 14.5 Å². The third-order valence-corrected chi connectivity index (χ3v) is 6.35. The number of nitrogens with one attached hydrogen (secondary N) is 3. The van der Waals surface area contributed by atoms with Crippen LogP contribution < -0.4 is 15.4 Å². The van der Waals surface area contributed by atoms with Crippen LogP contribution in [0, 0.1) is 5.92 Å². The maximum absolute atomic E-state index is 13.1. The number of H-pyrrole nitrogens is 1. The van der Waals surface area contributed by atoms with Gasteiger partial charge in [0, 0.05) is 27.5 Å². The minimum absolute atomic E-state index is 0.101. The number of allylic oxidation sites excluding steroid dienone is 1. The average molecular weight is 485 g/mol. The van der Waals surface area contributed by atoms with E-state index < -0.39 is 12.0 Å². The molecule has 8 heteroatoms. The first kappa shape index (κ1) is 23.4. The number of hydrogen-bond acceptors (Lipinski definition) is 5. The van der Waals surface area contributed by atoms with Gasteiger partial charge in [0.25, 0.3) is 0 Å². The summed E-state index contributed by atoms with van der Waals surface area (Å²) < 4.78 is 10.7. The minimum atomic E-state index is -0.773. The second-order valence-corrected chi connectivity index (χ2v) is 8.95. The second-order valence-electron chi connectivity index (χ2n) is 8.95. The van der Waals surface area contributed by atoms with Gasteiger partial charge in [-0.1, -0.05) is 32.0 Å². The van der Waals surface area contributed by atoms with Crippen molar-refractivity contribution < 1.29 is 19.1 Å². The number of aromatic nitrogens is 2. The van der Waals surface area contributed by atoms with Crippen molar-refractivity contribution in [3.63, 3.8) is 0 Å². The topological polar surface area (TPSA) is 105 Å². The lowest BCUT2D eigenvalue weighted by molar-refractivity contribution is -0.139. The molecule has 2 amide bonds. The Kier molecular flexibility index (Phi) is 6.10. The van der Waals surface area contributed by atoms with Gasteiger partial charge in [0.1, 0.15) is 11.8 Å². The fraction of sp³-hybridized carbons (Fsp3) is 0.250. The number of carbonyl (C=O) groups excluding carboxylic acids is 2. The Morgan fingerprint density at radius 3 is 2.53 bits per heavy atom. The Morgan fingerprint density at radius 2 is 1.83 bits per heavy atom. The molecule has 3 heterocycles. The van der Waals surface area contributed by atoms with E-state index in [0.717, 1.165) is 33.1 Å². The molecule has 2 aromatic heterocycles. The van der Waals surface area contributed by atoms with Crippen molar-refractivity contribution in [3.8, 4) is 17.0 Å². The number of pyridine rings is 1. The van der Waals surface area contributed by atoms with Crippen LogP contribution in [-0.2, 0) is 9.53 Å². The number of amides is 2. The lowest BCUT2D eigenvalue weighted by Crippen LogP contribution is -2.47. The van der Waals surface area contributed by atoms with Crippen molar-refractivity contribution >= 4 is 33.8 Å². The molecule has 3 N–H and O–H groups in total. The molecule has 2 aromatic carbocycles. The van der Waals surface area contributed by atoms with Gasteiger partial charge in [-0.25, -0.2) is 14.6 Å². The zero-order valence-electron chi connectivity index (χ0n) is 20.6. The number of rotatable bonds is 6. The van der Waals surface area contributed by atoms with Crippen LogP contribution in [0.5, 0.6) is 5.75 Å². The molecule has 184 valence electrons. The molecular formula is C28H28N4O4. The highest BCUT2D eigenvalue weighted by atomic mass is 16.5. The Labute approximate surface area is 208 Å². The molecule has 1 aliphatic heterocycles. The van der Waals surface area contributed by atoms with Crippen LogP contribution >= 0.6 is 0 Å². The summed E-state index contributed by atoms with van der Waals surface area (Å²) in [6.45, 7) is 5.84. The highest BCUT2D eigenvalue weighted by Gasteiger charge is 2.36. The van der Waals surface area contributed by atoms with Gasteiger partial charge >= 0.3 is 12.0 Å². The summed E-state index contributed by atoms with van der Waals surface area (Å²) in [5, 5.41) is 7.69. The first-order valence-corrected chi connectivity index (χ1v) is 12.0. The molecule has 0 fully saturated rings. The Bertz CT molecular complexity index is 1500. The summed E-state index contributed by atoms with van der Waals surface area (Å²) in [6.07, 6.45) is 0. The summed E-state index contributed by atoms with van der Waals surface area (Å²) in [7, 11) is 1.62. The van der Waals surface area contributed by atoms with E-state index >= 15 is 0 Å². The van der Waals surface area contributed by atoms with Crippen LogP contribution in [0.4, 0.5) is 4.79 Å². The van der Waals surface area contributed by atoms with Crippen LogP contribution in [-0.4, -0.2) is 35.7 Å². The summed E-state index contributed by atoms with van der Waals surface area (Å²) in [4.78, 5) is 34.3. The molecule has 0 bridgehead atoms. The van der Waals surface area contributed by atoms with E-state index in [-0.39, 0.29) is 18.6 Å². The lowest BCUT2D eigenvalue weighted by Gasteiger charge is -2.30. The summed E-state index contributed by atoms with van der Waals surface area (Å²) in [5.74, 6) is 0.156. The number of urea groups is 1. The standard InChI is InChI=1S/C28H28N4O4/c1-5-36-27(33)22-23(15(2)3)31-28(34)32-26(22)21-14-19-18-8-6-7-9-20(18)29-25(19)24(30-21)16-10-12-17(35-4)13-11-16/h6-15,26,29H,5H2,1-4H3,(H2,31,32,34). The molecule has 1 aliphatic rings. The molecule has 5 rings (SSSR count). The summed E-state index contributed by atoms with van der Waals surface area (Å²) >= 11 is 0. The maximum atomic E-state index is 13.1. The van der Waals surface area contributed by atoms with E-state index in [2.05, 4.69) is 15.6 Å². The monoisotopic (exact) mass is 484 g/mol. The Balaban J connectivity index is 1.78. The number of methoxy groups -OCH3 is 1. The van der Waals surface area contributed by atoms with Gasteiger partial charge in [-0.15, -0.1) is 0 Å². The number of hydrogen-bond donors (Lipinski definition) is 3. The Morgan fingerprint density at radius 1 is 1.08 bits per heavy atom. The molecule has 0 saturated carbocycles. The molecule has 0 radical (unpaired) electrons. The van der Waals surface area contributed by atoms with Gasteiger partial charge in [0.2, 0.25) is 0 Å². The summed E-state index contributed by atoms with van der Waals surface area (Å²) in [5.41, 5.74) is 4.88. The van der Waals surface area contributed by atoms with E-state index in [0.29, 0.717) is 22.7 Å². The largest absolute Gasteiger partial charge is 0.497 e. The van der Waals surface area contributed by atoms with E-state index in [1.165, 1.54) is 0 Å². The van der Waals surface area contributed by atoms with Crippen molar-refractivity contribution in [1.29, 1.82) is 0 Å². The van der Waals surface area contributed by atoms with Crippen molar-refractivity contribution in [2.75, 3.05) is 13.7 Å². The molecule has 0 saturated heterocycles. The van der Waals surface area contributed by atoms with Gasteiger partial charge < -0.3 is 25.1 Å². The Hall–Kier alpha value is -4.33. The third kappa shape index (κ3) is 4.04. The van der Waals surface area contributed by atoms with E-state index in [1.54, 1.807) is 14.0 Å². The lowest BCUT2D eigenvalue weighted by atomic mass is 9.93. The number of nitrogens with zero attached hydrogens (tertiary/aromatic N) is 1. The average Bonchev–Trinajstić information content (AvgIpc) is 3.26. The highest BCUT2D eigenvalue weighted by molar-refractivity contribution is 6.11. The van der Waals surface area contributed by atoms with E-state index in [1.807, 2.05) is 68.4 Å². The quantitative estimate of drug-likeness (QED) is 0.326. The van der Waals surface area contributed by atoms with Crippen LogP contribution in [0.15, 0.2) is 65.9 Å². The first-order valence-electron chi connectivity index (χ1n) is 12.0. The number of ether oxygens (including phenoxy) is 2.